The Bertz CT molecular complexity index is 1440. The van der Waals surface area contributed by atoms with Gasteiger partial charge in [0.1, 0.15) is 29.7 Å². The average molecular weight is 495 g/mol. The maximum atomic E-state index is 12.6. The van der Waals surface area contributed by atoms with Crippen molar-refractivity contribution in [3.05, 3.63) is 96.8 Å². The quantitative estimate of drug-likeness (QED) is 0.317. The number of nitrogens with two attached hydrogens (primary N) is 1. The van der Waals surface area contributed by atoms with Gasteiger partial charge in [-0.05, 0) is 68.8 Å². The van der Waals surface area contributed by atoms with Crippen LogP contribution in [0.4, 0.5) is 16.2 Å². The summed E-state index contributed by atoms with van der Waals surface area (Å²) in [6.45, 7) is 6.94. The Morgan fingerprint density at radius 1 is 0.892 bits per heavy atom. The lowest BCUT2D eigenvalue weighted by molar-refractivity contribution is 0.262. The molecule has 0 spiro atoms. The number of rotatable bonds is 5. The maximum absolute atomic E-state index is 12.6. The zero-order valence-corrected chi connectivity index (χ0v) is 21.1. The molecule has 37 heavy (non-hydrogen) atoms. The Labute approximate surface area is 216 Å². The number of nitrogens with zero attached hydrogens (tertiary/aromatic N) is 3. The van der Waals surface area contributed by atoms with Crippen LogP contribution in [-0.4, -0.2) is 28.8 Å². The van der Waals surface area contributed by atoms with Gasteiger partial charge in [-0.2, -0.15) is 0 Å². The molecule has 0 saturated heterocycles. The second-order valence-corrected chi connectivity index (χ2v) is 9.78. The van der Waals surface area contributed by atoms with Gasteiger partial charge < -0.3 is 21.1 Å². The third kappa shape index (κ3) is 5.28. The number of amidine groups is 1. The minimum atomic E-state index is -0.344. The number of aromatic nitrogens is 1. The number of aliphatic imine (C=N–C) groups is 1. The zero-order chi connectivity index (χ0) is 26.0. The minimum Gasteiger partial charge on any atom is -0.457 e. The smallest absolute Gasteiger partial charge is 0.323 e. The van der Waals surface area contributed by atoms with E-state index in [1.807, 2.05) is 85.1 Å². The number of hydrogen-bond acceptors (Lipinski definition) is 5. The fourth-order valence-electron chi connectivity index (χ4n) is 4.22. The molecule has 8 heteroatoms. The largest absolute Gasteiger partial charge is 0.457 e. The van der Waals surface area contributed by atoms with Crippen molar-refractivity contribution >= 4 is 23.2 Å². The van der Waals surface area contributed by atoms with E-state index >= 15 is 0 Å². The molecule has 1 aliphatic heterocycles. The van der Waals surface area contributed by atoms with Crippen LogP contribution in [0.25, 0.3) is 11.1 Å². The molecule has 188 valence electrons. The van der Waals surface area contributed by atoms with E-state index in [4.69, 9.17) is 10.5 Å². The molecule has 4 aromatic rings. The minimum absolute atomic E-state index is 0.108. The predicted molar refractivity (Wildman–Crippen MR) is 149 cm³/mol. The van der Waals surface area contributed by atoms with Gasteiger partial charge in [0.2, 0.25) is 0 Å². The van der Waals surface area contributed by atoms with Gasteiger partial charge >= 0.3 is 6.03 Å². The fourth-order valence-corrected chi connectivity index (χ4v) is 4.22. The molecule has 1 aromatic heterocycles. The van der Waals surface area contributed by atoms with Crippen LogP contribution in [0.2, 0.25) is 0 Å². The monoisotopic (exact) mass is 494 g/mol. The molecule has 1 aliphatic rings. The number of anilines is 2. The van der Waals surface area contributed by atoms with Crippen LogP contribution in [0, 0.1) is 0 Å². The first-order chi connectivity index (χ1) is 17.8. The van der Waals surface area contributed by atoms with Crippen LogP contribution in [0.15, 0.2) is 96.1 Å². The van der Waals surface area contributed by atoms with E-state index in [1.54, 1.807) is 6.07 Å². The second kappa shape index (κ2) is 9.73. The Hall–Kier alpha value is -4.72. The van der Waals surface area contributed by atoms with Crippen molar-refractivity contribution in [1.29, 1.82) is 0 Å². The summed E-state index contributed by atoms with van der Waals surface area (Å²) in [7, 11) is 0. The van der Waals surface area contributed by atoms with Crippen LogP contribution >= 0.6 is 0 Å². The molecule has 0 unspecified atom stereocenters. The third-order valence-electron chi connectivity index (χ3n) is 6.04. The highest BCUT2D eigenvalue weighted by Gasteiger charge is 2.29. The van der Waals surface area contributed by atoms with E-state index in [9.17, 15) is 4.79 Å². The van der Waals surface area contributed by atoms with Gasteiger partial charge in [-0.1, -0.05) is 36.4 Å². The predicted octanol–water partition coefficient (Wildman–Crippen LogP) is 6.00. The second-order valence-electron chi connectivity index (χ2n) is 9.78. The summed E-state index contributed by atoms with van der Waals surface area (Å²) < 4.78 is 7.92. The summed E-state index contributed by atoms with van der Waals surface area (Å²) in [5.74, 6) is 1.88. The molecule has 8 nitrogen and oxygen atoms in total. The Morgan fingerprint density at radius 3 is 2.32 bits per heavy atom. The van der Waals surface area contributed by atoms with Crippen LogP contribution < -0.4 is 26.1 Å². The zero-order valence-electron chi connectivity index (χ0n) is 21.1. The number of carbonyl (C=O) groups is 1. The topological polar surface area (TPSA) is 96.9 Å². The molecular weight excluding hydrogens is 464 g/mol. The molecule has 2 amide bonds. The van der Waals surface area contributed by atoms with Gasteiger partial charge in [-0.25, -0.2) is 9.79 Å². The van der Waals surface area contributed by atoms with Crippen LogP contribution in [-0.2, 0) is 0 Å². The summed E-state index contributed by atoms with van der Waals surface area (Å²) in [6, 6.07) is 26.1. The average Bonchev–Trinajstić information content (AvgIpc) is 3.31. The van der Waals surface area contributed by atoms with Crippen LogP contribution in [0.1, 0.15) is 26.5 Å². The molecule has 0 atom stereocenters. The molecule has 0 fully saturated rings. The number of hydrogen-bond donors (Lipinski definition) is 3. The van der Waals surface area contributed by atoms with E-state index < -0.39 is 0 Å². The highest BCUT2D eigenvalue weighted by Crippen LogP contribution is 2.30. The number of para-hydroxylation sites is 1. The fraction of sp³-hybridized carbons (Fsp3) is 0.172. The molecule has 4 N–H and O–H groups in total. The summed E-state index contributed by atoms with van der Waals surface area (Å²) in [6.07, 6.45) is 2.02. The summed E-state index contributed by atoms with van der Waals surface area (Å²) in [5.41, 5.74) is 10.3. The highest BCUT2D eigenvalue weighted by molar-refractivity contribution is 6.03. The van der Waals surface area contributed by atoms with Crippen LogP contribution in [0.5, 0.6) is 11.5 Å². The standard InChI is InChI=1S/C29H30N6O2/c1-29(2,3)35-19-31-27(30)26-25(16-17-34(26)35)20-12-14-21(15-13-20)32-28(36)33-22-8-7-11-24(18-22)37-23-9-5-4-6-10-23/h4-18H,19H2,1-3H3,(H2,30,31)(H2,32,33,36). The van der Waals surface area contributed by atoms with Crippen molar-refractivity contribution in [1.82, 2.24) is 4.68 Å². The van der Waals surface area contributed by atoms with Crippen molar-refractivity contribution in [2.24, 2.45) is 10.7 Å². The van der Waals surface area contributed by atoms with Gasteiger partial charge in [-0.15, -0.1) is 0 Å². The maximum Gasteiger partial charge on any atom is 0.323 e. The molecule has 0 bridgehead atoms. The first kappa shape index (κ1) is 24.0. The lowest BCUT2D eigenvalue weighted by atomic mass is 10.0. The van der Waals surface area contributed by atoms with Gasteiger partial charge in [-0.3, -0.25) is 9.69 Å². The third-order valence-corrected chi connectivity index (χ3v) is 6.04. The number of fused-ring (bicyclic) bond motifs is 1. The van der Waals surface area contributed by atoms with E-state index in [0.29, 0.717) is 29.6 Å². The summed E-state index contributed by atoms with van der Waals surface area (Å²) in [4.78, 5) is 17.2. The molecule has 5 rings (SSSR count). The van der Waals surface area contributed by atoms with Crippen LogP contribution in [0.3, 0.4) is 0 Å². The molecule has 0 radical (unpaired) electrons. The molecule has 3 aromatic carbocycles. The number of urea groups is 1. The Kier molecular flexibility index (Phi) is 6.31. The first-order valence-electron chi connectivity index (χ1n) is 12.1. The summed E-state index contributed by atoms with van der Waals surface area (Å²) >= 11 is 0. The number of benzene rings is 3. The van der Waals surface area contributed by atoms with Gasteiger partial charge in [0, 0.05) is 29.2 Å². The lowest BCUT2D eigenvalue weighted by Gasteiger charge is -2.40. The van der Waals surface area contributed by atoms with E-state index in [1.165, 1.54) is 0 Å². The Balaban J connectivity index is 1.26. The van der Waals surface area contributed by atoms with E-state index in [2.05, 4.69) is 46.1 Å². The van der Waals surface area contributed by atoms with Crippen molar-refractivity contribution in [2.75, 3.05) is 22.3 Å². The highest BCUT2D eigenvalue weighted by atomic mass is 16.5. The van der Waals surface area contributed by atoms with Crippen molar-refractivity contribution < 1.29 is 9.53 Å². The normalized spacial score (nSPS) is 12.9. The molecular formula is C29H30N6O2. The lowest BCUT2D eigenvalue weighted by Crippen LogP contribution is -2.52. The summed E-state index contributed by atoms with van der Waals surface area (Å²) in [5, 5.41) is 7.90. The first-order valence-corrected chi connectivity index (χ1v) is 12.1. The van der Waals surface area contributed by atoms with Gasteiger partial charge in [0.25, 0.3) is 0 Å². The Morgan fingerprint density at radius 2 is 1.59 bits per heavy atom. The van der Waals surface area contributed by atoms with Crippen molar-refractivity contribution in [2.45, 2.75) is 26.3 Å². The SMILES string of the molecule is CC(C)(C)N1CN=C(N)c2c(-c3ccc(NC(=O)Nc4cccc(Oc5ccccc5)c4)cc3)ccn21. The number of amides is 2. The van der Waals surface area contributed by atoms with Crippen molar-refractivity contribution in [3.8, 4) is 22.6 Å². The number of ether oxygens (including phenoxy) is 1. The van der Waals surface area contributed by atoms with Gasteiger partial charge in [0.15, 0.2) is 0 Å². The molecule has 0 saturated carbocycles. The van der Waals surface area contributed by atoms with Crippen molar-refractivity contribution in [3.63, 3.8) is 0 Å². The molecule has 0 aliphatic carbocycles. The number of nitrogens with one attached hydrogen (secondary N) is 2. The van der Waals surface area contributed by atoms with E-state index in [0.717, 1.165) is 22.6 Å². The van der Waals surface area contributed by atoms with E-state index in [-0.39, 0.29) is 11.6 Å². The van der Waals surface area contributed by atoms with Gasteiger partial charge in [0.05, 0.1) is 5.54 Å². The molecule has 2 heterocycles. The number of carbonyl (C=O) groups excluding carboxylic acids is 1.